The second-order valence-corrected chi connectivity index (χ2v) is 8.62. The molecule has 2 aromatic heterocycles. The van der Waals surface area contributed by atoms with E-state index in [0.29, 0.717) is 23.5 Å². The lowest BCUT2D eigenvalue weighted by Crippen LogP contribution is -2.49. The summed E-state index contributed by atoms with van der Waals surface area (Å²) in [6.45, 7) is 2.95. The van der Waals surface area contributed by atoms with Gasteiger partial charge in [-0.05, 0) is 24.5 Å². The fourth-order valence-corrected chi connectivity index (χ4v) is 4.84. The van der Waals surface area contributed by atoms with Gasteiger partial charge < -0.3 is 9.80 Å². The largest absolute Gasteiger partial charge is 0.351 e. The zero-order chi connectivity index (χ0) is 21.0. The first-order valence-electron chi connectivity index (χ1n) is 11.4. The second kappa shape index (κ2) is 8.99. The Bertz CT molecular complexity index is 1020. The number of nitrogens with zero attached hydrogens (tertiary/aromatic N) is 7. The van der Waals surface area contributed by atoms with Gasteiger partial charge in [0.15, 0.2) is 17.0 Å². The summed E-state index contributed by atoms with van der Waals surface area (Å²) in [5.41, 5.74) is 2.31. The predicted molar refractivity (Wildman–Crippen MR) is 119 cm³/mol. The van der Waals surface area contributed by atoms with Gasteiger partial charge in [-0.2, -0.15) is 4.68 Å². The quantitative estimate of drug-likeness (QED) is 0.632. The summed E-state index contributed by atoms with van der Waals surface area (Å²) in [4.78, 5) is 25.8. The lowest BCUT2D eigenvalue weighted by molar-refractivity contribution is -0.131. The molecule has 3 heterocycles. The Hall–Kier alpha value is -3.03. The second-order valence-electron chi connectivity index (χ2n) is 8.62. The minimum absolute atomic E-state index is 0.299. The van der Waals surface area contributed by atoms with Gasteiger partial charge in [-0.1, -0.05) is 55.5 Å². The molecule has 0 atom stereocenters. The highest BCUT2D eigenvalue weighted by molar-refractivity contribution is 5.84. The Morgan fingerprint density at radius 1 is 0.968 bits per heavy atom. The minimum Gasteiger partial charge on any atom is -0.351 e. The van der Waals surface area contributed by atoms with E-state index in [1.165, 1.54) is 32.1 Å². The first-order valence-corrected chi connectivity index (χ1v) is 11.4. The summed E-state index contributed by atoms with van der Waals surface area (Å²) < 4.78 is 1.74. The maximum atomic E-state index is 12.7. The summed E-state index contributed by atoms with van der Waals surface area (Å²) in [6, 6.07) is 9.87. The molecule has 1 aliphatic carbocycles. The van der Waals surface area contributed by atoms with E-state index < -0.39 is 0 Å². The standard InChI is InChI=1S/C23H29N7O/c31-20(12-11-18-7-3-1-4-8-18)28-13-15-29(16-14-28)22-21-23(25-17-24-22)30(27-26-21)19-9-5-2-6-10-19/h2,5-6,9-10,17-18H,1,3-4,7-8,11-16H2. The Balaban J connectivity index is 1.23. The number of anilines is 1. The number of carbonyl (C=O) groups excluding carboxylic acids is 1. The number of carbonyl (C=O) groups is 1. The lowest BCUT2D eigenvalue weighted by Gasteiger charge is -2.35. The normalized spacial score (nSPS) is 17.9. The van der Waals surface area contributed by atoms with Crippen LogP contribution in [0.4, 0.5) is 5.82 Å². The number of hydrogen-bond donors (Lipinski definition) is 0. The highest BCUT2D eigenvalue weighted by Crippen LogP contribution is 2.28. The van der Waals surface area contributed by atoms with Gasteiger partial charge >= 0.3 is 0 Å². The smallest absolute Gasteiger partial charge is 0.222 e. The maximum Gasteiger partial charge on any atom is 0.222 e. The van der Waals surface area contributed by atoms with E-state index in [1.54, 1.807) is 11.0 Å². The van der Waals surface area contributed by atoms with Crippen LogP contribution in [0, 0.1) is 5.92 Å². The summed E-state index contributed by atoms with van der Waals surface area (Å²) in [7, 11) is 0. The predicted octanol–water partition coefficient (Wildman–Crippen LogP) is 3.22. The zero-order valence-corrected chi connectivity index (χ0v) is 17.9. The van der Waals surface area contributed by atoms with Crippen LogP contribution in [-0.4, -0.2) is 61.9 Å². The third-order valence-electron chi connectivity index (χ3n) is 6.64. The van der Waals surface area contributed by atoms with Crippen molar-refractivity contribution in [2.45, 2.75) is 44.9 Å². The van der Waals surface area contributed by atoms with Crippen molar-refractivity contribution < 1.29 is 4.79 Å². The molecule has 1 saturated heterocycles. The van der Waals surface area contributed by atoms with Crippen LogP contribution in [0.3, 0.4) is 0 Å². The summed E-state index contributed by atoms with van der Waals surface area (Å²) in [5.74, 6) is 1.84. The molecule has 3 aromatic rings. The molecule has 162 valence electrons. The molecule has 0 radical (unpaired) electrons. The highest BCUT2D eigenvalue weighted by Gasteiger charge is 2.25. The van der Waals surface area contributed by atoms with Crippen LogP contribution in [0.15, 0.2) is 36.7 Å². The fraction of sp³-hybridized carbons (Fsp3) is 0.522. The SMILES string of the molecule is O=C(CCC1CCCCC1)N1CCN(c2ncnc3c2nnn3-c2ccccc2)CC1. The third-order valence-corrected chi connectivity index (χ3v) is 6.64. The molecule has 31 heavy (non-hydrogen) atoms. The lowest BCUT2D eigenvalue weighted by atomic mass is 9.86. The van der Waals surface area contributed by atoms with Crippen molar-refractivity contribution in [3.05, 3.63) is 36.7 Å². The van der Waals surface area contributed by atoms with Gasteiger partial charge in [0.2, 0.25) is 5.91 Å². The number of rotatable bonds is 5. The van der Waals surface area contributed by atoms with E-state index >= 15 is 0 Å². The molecule has 2 aliphatic rings. The Labute approximate surface area is 182 Å². The molecule has 8 nitrogen and oxygen atoms in total. The van der Waals surface area contributed by atoms with Crippen molar-refractivity contribution in [1.29, 1.82) is 0 Å². The van der Waals surface area contributed by atoms with Crippen LogP contribution in [0.25, 0.3) is 16.9 Å². The fourth-order valence-electron chi connectivity index (χ4n) is 4.84. The van der Waals surface area contributed by atoms with Crippen LogP contribution in [-0.2, 0) is 4.79 Å². The molecule has 1 aliphatic heterocycles. The summed E-state index contributed by atoms with van der Waals surface area (Å²) >= 11 is 0. The molecule has 0 unspecified atom stereocenters. The maximum absolute atomic E-state index is 12.7. The van der Waals surface area contributed by atoms with Crippen LogP contribution >= 0.6 is 0 Å². The van der Waals surface area contributed by atoms with E-state index in [-0.39, 0.29) is 0 Å². The van der Waals surface area contributed by atoms with Crippen LogP contribution < -0.4 is 4.90 Å². The molecule has 5 rings (SSSR count). The Morgan fingerprint density at radius 2 is 1.74 bits per heavy atom. The van der Waals surface area contributed by atoms with E-state index in [9.17, 15) is 4.79 Å². The van der Waals surface area contributed by atoms with E-state index in [1.807, 2.05) is 35.2 Å². The van der Waals surface area contributed by atoms with Gasteiger partial charge in [0.1, 0.15) is 6.33 Å². The average molecular weight is 420 g/mol. The van der Waals surface area contributed by atoms with Gasteiger partial charge in [-0.15, -0.1) is 5.10 Å². The molecule has 0 bridgehead atoms. The molecule has 0 N–H and O–H groups in total. The van der Waals surface area contributed by atoms with E-state index in [2.05, 4.69) is 25.2 Å². The minimum atomic E-state index is 0.299. The van der Waals surface area contributed by atoms with Gasteiger partial charge in [0.05, 0.1) is 5.69 Å². The number of para-hydroxylation sites is 1. The van der Waals surface area contributed by atoms with Crippen molar-refractivity contribution in [2.75, 3.05) is 31.1 Å². The van der Waals surface area contributed by atoms with Crippen LogP contribution in [0.5, 0.6) is 0 Å². The van der Waals surface area contributed by atoms with Gasteiger partial charge in [0, 0.05) is 32.6 Å². The average Bonchev–Trinajstić information content (AvgIpc) is 3.28. The Kier molecular flexibility index (Phi) is 5.78. The number of piperazine rings is 1. The number of fused-ring (bicyclic) bond motifs is 1. The molecule has 0 spiro atoms. The highest BCUT2D eigenvalue weighted by atomic mass is 16.2. The van der Waals surface area contributed by atoms with Crippen molar-refractivity contribution in [3.63, 3.8) is 0 Å². The monoisotopic (exact) mass is 419 g/mol. The summed E-state index contributed by atoms with van der Waals surface area (Å²) in [6.07, 6.45) is 9.94. The first-order chi connectivity index (χ1) is 15.3. The molecule has 1 aromatic carbocycles. The Morgan fingerprint density at radius 3 is 2.52 bits per heavy atom. The van der Waals surface area contributed by atoms with Crippen molar-refractivity contribution >= 4 is 22.9 Å². The van der Waals surface area contributed by atoms with E-state index in [4.69, 9.17) is 0 Å². The molecule has 2 fully saturated rings. The van der Waals surface area contributed by atoms with Gasteiger partial charge in [-0.25, -0.2) is 9.97 Å². The number of hydrogen-bond acceptors (Lipinski definition) is 6. The molecular weight excluding hydrogens is 390 g/mol. The van der Waals surface area contributed by atoms with Crippen LogP contribution in [0.1, 0.15) is 44.9 Å². The van der Waals surface area contributed by atoms with Crippen molar-refractivity contribution in [3.8, 4) is 5.69 Å². The van der Waals surface area contributed by atoms with Gasteiger partial charge in [0.25, 0.3) is 0 Å². The van der Waals surface area contributed by atoms with Gasteiger partial charge in [-0.3, -0.25) is 4.79 Å². The van der Waals surface area contributed by atoms with Crippen LogP contribution in [0.2, 0.25) is 0 Å². The number of aromatic nitrogens is 5. The number of benzene rings is 1. The first kappa shape index (κ1) is 19.9. The van der Waals surface area contributed by atoms with Crippen molar-refractivity contribution in [2.24, 2.45) is 5.92 Å². The van der Waals surface area contributed by atoms with Crippen molar-refractivity contribution in [1.82, 2.24) is 29.9 Å². The molecule has 1 amide bonds. The third kappa shape index (κ3) is 4.24. The topological polar surface area (TPSA) is 80.0 Å². The molecular formula is C23H29N7O. The number of amides is 1. The van der Waals surface area contributed by atoms with E-state index in [0.717, 1.165) is 50.0 Å². The summed E-state index contributed by atoms with van der Waals surface area (Å²) in [5, 5.41) is 8.68. The zero-order valence-electron chi connectivity index (χ0n) is 17.9. The molecule has 8 heteroatoms. The molecule has 1 saturated carbocycles.